The highest BCUT2D eigenvalue weighted by Crippen LogP contribution is 2.39. The quantitative estimate of drug-likeness (QED) is 0.320. The van der Waals surface area contributed by atoms with Gasteiger partial charge in [-0.3, -0.25) is 20.2 Å². The molecule has 3 aromatic heterocycles. The summed E-state index contributed by atoms with van der Waals surface area (Å²) in [7, 11) is 0. The zero-order chi connectivity index (χ0) is 23.3. The maximum atomic E-state index is 11.9. The number of H-pyrrole nitrogens is 1. The minimum absolute atomic E-state index is 0.158. The summed E-state index contributed by atoms with van der Waals surface area (Å²) in [5, 5.41) is 34.5. The molecule has 0 aromatic carbocycles. The van der Waals surface area contributed by atoms with E-state index >= 15 is 0 Å². The predicted octanol–water partition coefficient (Wildman–Crippen LogP) is 3.99. The Balaban J connectivity index is 2.04. The van der Waals surface area contributed by atoms with Crippen LogP contribution in [0.3, 0.4) is 0 Å². The van der Waals surface area contributed by atoms with Crippen molar-refractivity contribution in [2.24, 2.45) is 0 Å². The fraction of sp³-hybridized carbons (Fsp3) is 0. The molecule has 8 bridgehead atoms. The Kier molecular flexibility index (Phi) is 4.30. The summed E-state index contributed by atoms with van der Waals surface area (Å²) in [6.45, 7) is 0. The van der Waals surface area contributed by atoms with Crippen LogP contribution in [0.1, 0.15) is 22.8 Å². The molecular formula is C20H11N7O6. The number of hydrogen-bond acceptors (Lipinski definition) is 8. The summed E-state index contributed by atoms with van der Waals surface area (Å²) in [5.41, 5.74) is -0.433. The molecule has 2 aliphatic heterocycles. The summed E-state index contributed by atoms with van der Waals surface area (Å²) in [6, 6.07) is 9.24. The molecule has 13 nitrogen and oxygen atoms in total. The molecule has 0 saturated heterocycles. The molecule has 0 aliphatic carbocycles. The van der Waals surface area contributed by atoms with Crippen molar-refractivity contribution in [3.63, 3.8) is 0 Å². The van der Waals surface area contributed by atoms with Gasteiger partial charge in [0, 0.05) is 23.2 Å². The Morgan fingerprint density at radius 2 is 1.06 bits per heavy atom. The lowest BCUT2D eigenvalue weighted by molar-refractivity contribution is -0.534. The molecule has 162 valence electrons. The van der Waals surface area contributed by atoms with Crippen molar-refractivity contribution in [3.05, 3.63) is 89.5 Å². The highest BCUT2D eigenvalue weighted by Gasteiger charge is 2.39. The molecular weight excluding hydrogens is 434 g/mol. The number of rotatable bonds is 3. The average molecular weight is 445 g/mol. The molecule has 0 saturated carbocycles. The number of aromatic amines is 1. The van der Waals surface area contributed by atoms with Crippen molar-refractivity contribution in [1.29, 1.82) is 0 Å². The van der Waals surface area contributed by atoms with Crippen molar-refractivity contribution < 1.29 is 14.9 Å². The third kappa shape index (κ3) is 3.38. The first kappa shape index (κ1) is 19.7. The maximum absolute atomic E-state index is 11.9. The van der Waals surface area contributed by atoms with Gasteiger partial charge in [-0.1, -0.05) is 0 Å². The van der Waals surface area contributed by atoms with Crippen molar-refractivity contribution in [2.75, 3.05) is 0 Å². The number of aromatic nitrogens is 4. The summed E-state index contributed by atoms with van der Waals surface area (Å²) in [6.07, 6.45) is 6.23. The SMILES string of the molecule is O=[N+]([O-])c1c([N+](=O)[O-])c2cc3nc(cc4ccc(cc5nc(cc1n2[N+](=O)[O-])C=C5)[nH]4)C=C3. The number of nitrogens with zero attached hydrogens (tertiary/aromatic N) is 6. The first-order valence-electron chi connectivity index (χ1n) is 9.38. The van der Waals surface area contributed by atoms with Crippen LogP contribution >= 0.6 is 0 Å². The Morgan fingerprint density at radius 1 is 0.667 bits per heavy atom. The van der Waals surface area contributed by atoms with Gasteiger partial charge in [0.1, 0.15) is 0 Å². The monoisotopic (exact) mass is 445 g/mol. The molecule has 5 heterocycles. The first-order valence-corrected chi connectivity index (χ1v) is 9.38. The van der Waals surface area contributed by atoms with Gasteiger partial charge in [0.2, 0.25) is 0 Å². The van der Waals surface area contributed by atoms with Gasteiger partial charge in [0.25, 0.3) is 0 Å². The van der Waals surface area contributed by atoms with E-state index in [2.05, 4.69) is 15.0 Å². The molecule has 13 heteroatoms. The normalized spacial score (nSPS) is 12.1. The van der Waals surface area contributed by atoms with Gasteiger partial charge in [-0.2, -0.15) is 0 Å². The Labute approximate surface area is 182 Å². The van der Waals surface area contributed by atoms with Gasteiger partial charge in [-0.25, -0.2) is 20.1 Å². The minimum atomic E-state index is -1.01. The lowest BCUT2D eigenvalue weighted by atomic mass is 10.3. The molecule has 0 spiro atoms. The Bertz CT molecular complexity index is 1500. The van der Waals surface area contributed by atoms with Crippen LogP contribution in [0.2, 0.25) is 0 Å². The zero-order valence-corrected chi connectivity index (χ0v) is 16.4. The summed E-state index contributed by atoms with van der Waals surface area (Å²) < 4.78 is 0.314. The number of nitrogens with one attached hydrogen (secondary N) is 1. The second-order valence-corrected chi connectivity index (χ2v) is 7.07. The van der Waals surface area contributed by atoms with E-state index in [4.69, 9.17) is 0 Å². The smallest absolute Gasteiger partial charge is 0.355 e. The van der Waals surface area contributed by atoms with E-state index in [1.807, 2.05) is 12.1 Å². The van der Waals surface area contributed by atoms with Crippen molar-refractivity contribution in [3.8, 4) is 0 Å². The van der Waals surface area contributed by atoms with Crippen molar-refractivity contribution in [1.82, 2.24) is 19.6 Å². The van der Waals surface area contributed by atoms with Crippen LogP contribution in [0, 0.1) is 30.3 Å². The molecule has 3 aromatic rings. The van der Waals surface area contributed by atoms with Crippen LogP contribution in [-0.4, -0.2) is 34.5 Å². The number of hydrogen-bond donors (Lipinski definition) is 1. The van der Waals surface area contributed by atoms with Gasteiger partial charge in [-0.15, -0.1) is 0 Å². The van der Waals surface area contributed by atoms with Crippen LogP contribution in [0.25, 0.3) is 46.4 Å². The molecule has 0 radical (unpaired) electrons. The summed E-state index contributed by atoms with van der Waals surface area (Å²) in [4.78, 5) is 45.3. The van der Waals surface area contributed by atoms with E-state index in [9.17, 15) is 30.3 Å². The lowest BCUT2D eigenvalue weighted by Gasteiger charge is -1.93. The third-order valence-corrected chi connectivity index (χ3v) is 4.97. The molecule has 33 heavy (non-hydrogen) atoms. The molecule has 0 atom stereocenters. The van der Waals surface area contributed by atoms with Gasteiger partial charge in [-0.05, 0) is 53.2 Å². The van der Waals surface area contributed by atoms with Crippen molar-refractivity contribution >= 4 is 57.7 Å². The molecule has 0 amide bonds. The first-order chi connectivity index (χ1) is 15.8. The van der Waals surface area contributed by atoms with Gasteiger partial charge >= 0.3 is 11.4 Å². The van der Waals surface area contributed by atoms with Crippen LogP contribution in [-0.2, 0) is 0 Å². The zero-order valence-electron chi connectivity index (χ0n) is 16.4. The largest absolute Gasteiger partial charge is 0.378 e. The van der Waals surface area contributed by atoms with E-state index in [1.165, 1.54) is 12.2 Å². The highest BCUT2D eigenvalue weighted by molar-refractivity contribution is 5.90. The second kappa shape index (κ2) is 7.19. The van der Waals surface area contributed by atoms with Crippen LogP contribution in [0.5, 0.6) is 0 Å². The van der Waals surface area contributed by atoms with Gasteiger partial charge in [0.05, 0.1) is 32.6 Å². The van der Waals surface area contributed by atoms with E-state index in [0.717, 1.165) is 23.2 Å². The minimum Gasteiger partial charge on any atom is -0.355 e. The third-order valence-electron chi connectivity index (χ3n) is 4.97. The van der Waals surface area contributed by atoms with Crippen LogP contribution in [0.4, 0.5) is 11.4 Å². The molecule has 0 fully saturated rings. The molecule has 0 unspecified atom stereocenters. The van der Waals surface area contributed by atoms with Gasteiger partial charge in [0.15, 0.2) is 16.1 Å². The molecule has 5 rings (SSSR count). The standard InChI is InChI=1S/C20H11N7O6/c28-25(29)19-17-9-15-5-3-13(22-15)7-11-1-2-12(21-11)8-14-4-6-16(23-14)10-18(20(19)26(30)31)24(17)27(32)33/h1-10,21H. The van der Waals surface area contributed by atoms with Crippen LogP contribution < -0.4 is 0 Å². The number of fused-ring (bicyclic) bond motifs is 8. The van der Waals surface area contributed by atoms with E-state index in [-0.39, 0.29) is 11.4 Å². The van der Waals surface area contributed by atoms with E-state index in [0.29, 0.717) is 16.1 Å². The molecule has 2 aliphatic rings. The fourth-order valence-corrected chi connectivity index (χ4v) is 3.67. The average Bonchev–Trinajstić information content (AvgIpc) is 3.50. The topological polar surface area (TPSA) is 176 Å². The lowest BCUT2D eigenvalue weighted by Crippen LogP contribution is -2.08. The Morgan fingerprint density at radius 3 is 1.42 bits per heavy atom. The van der Waals surface area contributed by atoms with Crippen molar-refractivity contribution in [2.45, 2.75) is 0 Å². The molecule has 1 N–H and O–H groups in total. The number of nitro groups is 3. The predicted molar refractivity (Wildman–Crippen MR) is 118 cm³/mol. The fourth-order valence-electron chi connectivity index (χ4n) is 3.67. The summed E-state index contributed by atoms with van der Waals surface area (Å²) in [5.74, 6) is 0. The Hall–Kier alpha value is -5.20. The van der Waals surface area contributed by atoms with E-state index < -0.39 is 37.3 Å². The second-order valence-electron chi connectivity index (χ2n) is 7.07. The van der Waals surface area contributed by atoms with E-state index in [1.54, 1.807) is 24.3 Å². The highest BCUT2D eigenvalue weighted by atomic mass is 16.7. The van der Waals surface area contributed by atoms with Crippen LogP contribution in [0.15, 0.2) is 36.4 Å². The maximum Gasteiger partial charge on any atom is 0.378 e. The van der Waals surface area contributed by atoms with Gasteiger partial charge < -0.3 is 4.98 Å². The summed E-state index contributed by atoms with van der Waals surface area (Å²) >= 11 is 0.